The van der Waals surface area contributed by atoms with Gasteiger partial charge in [0, 0.05) is 11.7 Å². The SMILES string of the molecule is Cc1ccc(NC(=O)CSCC(=O)NC(C)CO)cc1. The summed E-state index contributed by atoms with van der Waals surface area (Å²) in [7, 11) is 0. The van der Waals surface area contributed by atoms with E-state index in [0.29, 0.717) is 0 Å². The maximum Gasteiger partial charge on any atom is 0.234 e. The van der Waals surface area contributed by atoms with Gasteiger partial charge in [0.15, 0.2) is 0 Å². The number of nitrogens with one attached hydrogen (secondary N) is 2. The van der Waals surface area contributed by atoms with E-state index in [1.807, 2.05) is 31.2 Å². The van der Waals surface area contributed by atoms with Crippen molar-refractivity contribution in [2.45, 2.75) is 19.9 Å². The number of carbonyl (C=O) groups excluding carboxylic acids is 2. The average molecular weight is 296 g/mol. The Hall–Kier alpha value is -1.53. The molecule has 20 heavy (non-hydrogen) atoms. The first kappa shape index (κ1) is 16.5. The summed E-state index contributed by atoms with van der Waals surface area (Å²) in [6.45, 7) is 3.60. The zero-order valence-electron chi connectivity index (χ0n) is 11.7. The molecule has 5 nitrogen and oxygen atoms in total. The van der Waals surface area contributed by atoms with Gasteiger partial charge in [0.2, 0.25) is 11.8 Å². The number of thioether (sulfide) groups is 1. The number of aryl methyl sites for hydroxylation is 1. The van der Waals surface area contributed by atoms with Crippen LogP contribution in [0.3, 0.4) is 0 Å². The topological polar surface area (TPSA) is 78.4 Å². The molecule has 0 radical (unpaired) electrons. The molecule has 1 aromatic rings. The lowest BCUT2D eigenvalue weighted by atomic mass is 10.2. The monoisotopic (exact) mass is 296 g/mol. The fraction of sp³-hybridized carbons (Fsp3) is 0.429. The Labute approximate surface area is 123 Å². The van der Waals surface area contributed by atoms with E-state index >= 15 is 0 Å². The standard InChI is InChI=1S/C14H20N2O3S/c1-10-3-5-12(6-4-10)16-14(19)9-20-8-13(18)15-11(2)7-17/h3-6,11,17H,7-9H2,1-2H3,(H,15,18)(H,16,19). The fourth-order valence-electron chi connectivity index (χ4n) is 1.43. The Morgan fingerprint density at radius 1 is 1.20 bits per heavy atom. The van der Waals surface area contributed by atoms with Crippen LogP contribution in [0.15, 0.2) is 24.3 Å². The number of hydrogen-bond acceptors (Lipinski definition) is 4. The highest BCUT2D eigenvalue weighted by molar-refractivity contribution is 8.00. The molecule has 0 aliphatic rings. The van der Waals surface area contributed by atoms with Gasteiger partial charge in [-0.15, -0.1) is 11.8 Å². The normalized spacial score (nSPS) is 11.8. The largest absolute Gasteiger partial charge is 0.394 e. The summed E-state index contributed by atoms with van der Waals surface area (Å²) >= 11 is 1.24. The smallest absolute Gasteiger partial charge is 0.234 e. The fourth-order valence-corrected chi connectivity index (χ4v) is 2.06. The lowest BCUT2D eigenvalue weighted by Gasteiger charge is -2.10. The van der Waals surface area contributed by atoms with Crippen LogP contribution >= 0.6 is 11.8 Å². The minimum Gasteiger partial charge on any atom is -0.394 e. The zero-order chi connectivity index (χ0) is 15.0. The lowest BCUT2D eigenvalue weighted by molar-refractivity contribution is -0.119. The van der Waals surface area contributed by atoms with Crippen LogP contribution in [-0.2, 0) is 9.59 Å². The molecule has 0 aliphatic heterocycles. The van der Waals surface area contributed by atoms with Crippen molar-refractivity contribution in [1.82, 2.24) is 5.32 Å². The minimum atomic E-state index is -0.260. The van der Waals surface area contributed by atoms with E-state index < -0.39 is 0 Å². The molecule has 0 aromatic heterocycles. The van der Waals surface area contributed by atoms with Crippen molar-refractivity contribution in [2.24, 2.45) is 0 Å². The highest BCUT2D eigenvalue weighted by Crippen LogP contribution is 2.09. The maximum absolute atomic E-state index is 11.7. The first-order chi connectivity index (χ1) is 9.51. The third-order valence-electron chi connectivity index (χ3n) is 2.48. The summed E-state index contributed by atoms with van der Waals surface area (Å²) in [6.07, 6.45) is 0. The van der Waals surface area contributed by atoms with Crippen molar-refractivity contribution in [3.8, 4) is 0 Å². The van der Waals surface area contributed by atoms with Crippen LogP contribution in [0.2, 0.25) is 0 Å². The molecule has 0 heterocycles. The Morgan fingerprint density at radius 3 is 2.40 bits per heavy atom. The Bertz CT molecular complexity index is 448. The third kappa shape index (κ3) is 6.58. The van der Waals surface area contributed by atoms with E-state index in [1.54, 1.807) is 6.92 Å². The quantitative estimate of drug-likeness (QED) is 0.705. The summed E-state index contributed by atoms with van der Waals surface area (Å²) in [5.74, 6) is 0.0991. The van der Waals surface area contributed by atoms with E-state index in [9.17, 15) is 9.59 Å². The number of carbonyl (C=O) groups is 2. The van der Waals surface area contributed by atoms with Crippen molar-refractivity contribution in [1.29, 1.82) is 0 Å². The second-order valence-electron chi connectivity index (χ2n) is 4.56. The molecule has 110 valence electrons. The van der Waals surface area contributed by atoms with Crippen molar-refractivity contribution < 1.29 is 14.7 Å². The summed E-state index contributed by atoms with van der Waals surface area (Å²) in [5, 5.41) is 14.2. The van der Waals surface area contributed by atoms with Crippen LogP contribution in [-0.4, -0.2) is 41.1 Å². The summed E-state index contributed by atoms with van der Waals surface area (Å²) in [5.41, 5.74) is 1.88. The molecule has 1 unspecified atom stereocenters. The van der Waals surface area contributed by atoms with Gasteiger partial charge >= 0.3 is 0 Å². The van der Waals surface area contributed by atoms with E-state index in [1.165, 1.54) is 11.8 Å². The van der Waals surface area contributed by atoms with Crippen LogP contribution in [0.5, 0.6) is 0 Å². The zero-order valence-corrected chi connectivity index (χ0v) is 12.5. The molecule has 0 fully saturated rings. The number of anilines is 1. The summed E-state index contributed by atoms with van der Waals surface area (Å²) in [4.78, 5) is 23.1. The van der Waals surface area contributed by atoms with Gasteiger partial charge in [0.1, 0.15) is 0 Å². The van der Waals surface area contributed by atoms with Gasteiger partial charge in [0.25, 0.3) is 0 Å². The Morgan fingerprint density at radius 2 is 1.80 bits per heavy atom. The molecule has 1 rings (SSSR count). The number of aliphatic hydroxyl groups excluding tert-OH is 1. The molecule has 0 saturated carbocycles. The summed E-state index contributed by atoms with van der Waals surface area (Å²) < 4.78 is 0. The van der Waals surface area contributed by atoms with Gasteiger partial charge in [-0.1, -0.05) is 17.7 Å². The molecule has 1 atom stereocenters. The number of rotatable bonds is 7. The predicted molar refractivity (Wildman–Crippen MR) is 81.8 cm³/mol. The molecule has 0 spiro atoms. The second-order valence-corrected chi connectivity index (χ2v) is 5.54. The highest BCUT2D eigenvalue weighted by atomic mass is 32.2. The van der Waals surface area contributed by atoms with E-state index in [0.717, 1.165) is 11.3 Å². The minimum absolute atomic E-state index is 0.0929. The van der Waals surface area contributed by atoms with Gasteiger partial charge in [-0.2, -0.15) is 0 Å². The number of hydrogen-bond donors (Lipinski definition) is 3. The lowest BCUT2D eigenvalue weighted by Crippen LogP contribution is -2.36. The average Bonchev–Trinajstić information content (AvgIpc) is 2.41. The number of amides is 2. The number of benzene rings is 1. The second kappa shape index (κ2) is 8.60. The summed E-state index contributed by atoms with van der Waals surface area (Å²) in [6, 6.07) is 7.27. The van der Waals surface area contributed by atoms with Crippen LogP contribution in [0.1, 0.15) is 12.5 Å². The van der Waals surface area contributed by atoms with Gasteiger partial charge < -0.3 is 15.7 Å². The molecule has 0 aliphatic carbocycles. The third-order valence-corrected chi connectivity index (χ3v) is 3.42. The molecule has 0 saturated heterocycles. The van der Waals surface area contributed by atoms with Crippen LogP contribution in [0, 0.1) is 6.92 Å². The maximum atomic E-state index is 11.7. The van der Waals surface area contributed by atoms with Crippen LogP contribution in [0.25, 0.3) is 0 Å². The number of aliphatic hydroxyl groups is 1. The molecular weight excluding hydrogens is 276 g/mol. The first-order valence-corrected chi connectivity index (χ1v) is 7.51. The molecule has 3 N–H and O–H groups in total. The molecule has 2 amide bonds. The molecule has 0 bridgehead atoms. The van der Waals surface area contributed by atoms with Crippen molar-refractivity contribution in [3.63, 3.8) is 0 Å². The van der Waals surface area contributed by atoms with Gasteiger partial charge in [-0.05, 0) is 26.0 Å². The van der Waals surface area contributed by atoms with Crippen LogP contribution in [0.4, 0.5) is 5.69 Å². The van der Waals surface area contributed by atoms with Crippen molar-refractivity contribution >= 4 is 29.3 Å². The van der Waals surface area contributed by atoms with Crippen molar-refractivity contribution in [3.05, 3.63) is 29.8 Å². The van der Waals surface area contributed by atoms with Gasteiger partial charge in [-0.3, -0.25) is 9.59 Å². The molecule has 1 aromatic carbocycles. The van der Waals surface area contributed by atoms with E-state index in [-0.39, 0.29) is 36.0 Å². The van der Waals surface area contributed by atoms with Crippen molar-refractivity contribution in [2.75, 3.05) is 23.4 Å². The molecule has 6 heteroatoms. The van der Waals surface area contributed by atoms with Crippen LogP contribution < -0.4 is 10.6 Å². The van der Waals surface area contributed by atoms with Gasteiger partial charge in [0.05, 0.1) is 18.1 Å². The molecular formula is C14H20N2O3S. The highest BCUT2D eigenvalue weighted by Gasteiger charge is 2.08. The predicted octanol–water partition coefficient (Wildman–Crippen LogP) is 1.16. The van der Waals surface area contributed by atoms with Gasteiger partial charge in [-0.25, -0.2) is 0 Å². The first-order valence-electron chi connectivity index (χ1n) is 6.35. The van der Waals surface area contributed by atoms with E-state index in [4.69, 9.17) is 5.11 Å². The van der Waals surface area contributed by atoms with E-state index in [2.05, 4.69) is 10.6 Å². The Balaban J connectivity index is 2.23. The Kier molecular flexibility index (Phi) is 7.11.